The van der Waals surface area contributed by atoms with Gasteiger partial charge in [-0.15, -0.1) is 6.58 Å². The number of hydrogen-bond acceptors (Lipinski definition) is 3. The molecule has 3 nitrogen and oxygen atoms in total. The number of carbonyl (C=O) groups is 1. The minimum atomic E-state index is -2.62. The molecule has 0 fully saturated rings. The number of hydrogen-bond donors (Lipinski definition) is 0. The zero-order valence-electron chi connectivity index (χ0n) is 16.8. The first-order valence-electron chi connectivity index (χ1n) is 9.34. The van der Waals surface area contributed by atoms with Gasteiger partial charge in [-0.2, -0.15) is 0 Å². The summed E-state index contributed by atoms with van der Waals surface area (Å²) in [4.78, 5) is 11.5. The highest BCUT2D eigenvalue weighted by atomic mass is 28.4. The van der Waals surface area contributed by atoms with Crippen LogP contribution >= 0.6 is 0 Å². The first-order valence-corrected chi connectivity index (χ1v) is 11.2. The Balaban J connectivity index is 2.52. The Hall–Kier alpha value is -2.17. The normalized spacial score (nSPS) is 13.0. The van der Waals surface area contributed by atoms with E-state index in [0.29, 0.717) is 13.0 Å². The summed E-state index contributed by atoms with van der Waals surface area (Å²) in [5, 5.41) is 2.32. The predicted octanol–water partition coefficient (Wildman–Crippen LogP) is 4.07. The molecule has 2 rings (SSSR count). The molecular formula is C23H30O3Si. The van der Waals surface area contributed by atoms with Crippen LogP contribution in [0.1, 0.15) is 34.1 Å². The number of benzene rings is 2. The smallest absolute Gasteiger partial charge is 0.302 e. The molecule has 0 radical (unpaired) electrons. The van der Waals surface area contributed by atoms with Crippen LogP contribution in [0.4, 0.5) is 0 Å². The highest BCUT2D eigenvalue weighted by Gasteiger charge is 2.50. The molecule has 4 heteroatoms. The molecule has 2 aromatic carbocycles. The second-order valence-corrected chi connectivity index (χ2v) is 12.0. The van der Waals surface area contributed by atoms with Gasteiger partial charge in [-0.05, 0) is 15.4 Å². The molecule has 0 spiro atoms. The van der Waals surface area contributed by atoms with Crippen LogP contribution in [-0.4, -0.2) is 27.0 Å². The van der Waals surface area contributed by atoms with Crippen LogP contribution in [0.5, 0.6) is 0 Å². The van der Waals surface area contributed by atoms with E-state index in [1.54, 1.807) is 6.08 Å². The second kappa shape index (κ2) is 9.15. The lowest BCUT2D eigenvalue weighted by Gasteiger charge is -2.43. The average Bonchev–Trinajstić information content (AvgIpc) is 2.62. The van der Waals surface area contributed by atoms with Crippen LogP contribution in [0.15, 0.2) is 73.3 Å². The first-order chi connectivity index (χ1) is 12.8. The van der Waals surface area contributed by atoms with Crippen molar-refractivity contribution in [2.24, 2.45) is 0 Å². The monoisotopic (exact) mass is 382 g/mol. The Morgan fingerprint density at radius 2 is 1.52 bits per heavy atom. The molecule has 0 saturated carbocycles. The molecule has 0 aliphatic rings. The van der Waals surface area contributed by atoms with Gasteiger partial charge in [0.05, 0.1) is 6.61 Å². The van der Waals surface area contributed by atoms with Crippen molar-refractivity contribution in [3.63, 3.8) is 0 Å². The Morgan fingerprint density at radius 1 is 1.04 bits per heavy atom. The van der Waals surface area contributed by atoms with Crippen LogP contribution in [0.25, 0.3) is 0 Å². The van der Waals surface area contributed by atoms with Gasteiger partial charge in [0.1, 0.15) is 6.10 Å². The summed E-state index contributed by atoms with van der Waals surface area (Å²) in [5.74, 6) is -0.298. The fraction of sp³-hybridized carbons (Fsp3) is 0.348. The van der Waals surface area contributed by atoms with E-state index in [0.717, 1.165) is 0 Å². The van der Waals surface area contributed by atoms with E-state index >= 15 is 0 Å². The third kappa shape index (κ3) is 4.96. The number of rotatable bonds is 8. The minimum absolute atomic E-state index is 0.106. The van der Waals surface area contributed by atoms with Crippen molar-refractivity contribution < 1.29 is 14.0 Å². The standard InChI is InChI=1S/C23H30O3Si/c1-6-13-20(26-19(2)24)18-25-27(23(3,4)5,21-14-9-7-10-15-21)22-16-11-8-12-17-22/h6-12,14-17,20H,1,13,18H2,2-5H3/t20-/m0/s1. The lowest BCUT2D eigenvalue weighted by Crippen LogP contribution is -2.67. The van der Waals surface area contributed by atoms with Gasteiger partial charge < -0.3 is 9.16 Å². The number of ether oxygens (including phenoxy) is 1. The fourth-order valence-corrected chi connectivity index (χ4v) is 8.14. The van der Waals surface area contributed by atoms with Crippen molar-refractivity contribution in [3.8, 4) is 0 Å². The van der Waals surface area contributed by atoms with Crippen LogP contribution < -0.4 is 10.4 Å². The molecule has 1 atom stereocenters. The maximum Gasteiger partial charge on any atom is 0.302 e. The van der Waals surface area contributed by atoms with Gasteiger partial charge in [0.15, 0.2) is 0 Å². The summed E-state index contributed by atoms with van der Waals surface area (Å²) in [7, 11) is -2.62. The minimum Gasteiger partial charge on any atom is -0.460 e. The molecule has 0 bridgehead atoms. The molecule has 0 aliphatic heterocycles. The maximum absolute atomic E-state index is 11.5. The van der Waals surface area contributed by atoms with Crippen molar-refractivity contribution in [1.29, 1.82) is 0 Å². The molecule has 0 aliphatic carbocycles. The summed E-state index contributed by atoms with van der Waals surface area (Å²) in [6.45, 7) is 12.2. The van der Waals surface area contributed by atoms with Crippen molar-refractivity contribution in [2.45, 2.75) is 45.3 Å². The zero-order valence-corrected chi connectivity index (χ0v) is 17.8. The van der Waals surface area contributed by atoms with Crippen LogP contribution in [0.3, 0.4) is 0 Å². The predicted molar refractivity (Wildman–Crippen MR) is 114 cm³/mol. The molecule has 0 N–H and O–H groups in total. The van der Waals surface area contributed by atoms with Gasteiger partial charge in [0.25, 0.3) is 8.32 Å². The van der Waals surface area contributed by atoms with E-state index in [1.807, 2.05) is 12.1 Å². The van der Waals surface area contributed by atoms with Gasteiger partial charge in [-0.25, -0.2) is 0 Å². The quantitative estimate of drug-likeness (QED) is 0.392. The van der Waals surface area contributed by atoms with E-state index < -0.39 is 8.32 Å². The highest BCUT2D eigenvalue weighted by molar-refractivity contribution is 6.99. The Morgan fingerprint density at radius 3 is 1.89 bits per heavy atom. The summed E-state index contributed by atoms with van der Waals surface area (Å²) >= 11 is 0. The lowest BCUT2D eigenvalue weighted by atomic mass is 10.2. The maximum atomic E-state index is 11.5. The molecule has 0 aromatic heterocycles. The van der Waals surface area contributed by atoms with Crippen molar-refractivity contribution in [2.75, 3.05) is 6.61 Å². The van der Waals surface area contributed by atoms with Gasteiger partial charge in [0.2, 0.25) is 0 Å². The largest absolute Gasteiger partial charge is 0.460 e. The zero-order chi connectivity index (χ0) is 19.9. The van der Waals surface area contributed by atoms with Gasteiger partial charge in [-0.1, -0.05) is 87.5 Å². The SMILES string of the molecule is C=CC[C@@H](CO[Si](c1ccccc1)(c1ccccc1)C(C)(C)C)OC(C)=O. The van der Waals surface area contributed by atoms with E-state index in [4.69, 9.17) is 9.16 Å². The molecule has 144 valence electrons. The van der Waals surface area contributed by atoms with Gasteiger partial charge >= 0.3 is 5.97 Å². The third-order valence-electron chi connectivity index (χ3n) is 4.66. The number of esters is 1. The topological polar surface area (TPSA) is 35.5 Å². The second-order valence-electron chi connectivity index (χ2n) is 7.73. The van der Waals surface area contributed by atoms with E-state index in [-0.39, 0.29) is 17.1 Å². The highest BCUT2D eigenvalue weighted by Crippen LogP contribution is 2.36. The van der Waals surface area contributed by atoms with Crippen LogP contribution in [0, 0.1) is 0 Å². The fourth-order valence-electron chi connectivity index (χ4n) is 3.55. The van der Waals surface area contributed by atoms with Crippen molar-refractivity contribution >= 4 is 24.7 Å². The molecule has 0 amide bonds. The lowest BCUT2D eigenvalue weighted by molar-refractivity contribution is -0.147. The van der Waals surface area contributed by atoms with Crippen LogP contribution in [-0.2, 0) is 14.0 Å². The van der Waals surface area contributed by atoms with Crippen LogP contribution in [0.2, 0.25) is 5.04 Å². The summed E-state index contributed by atoms with van der Waals surface area (Å²) in [6.07, 6.45) is 2.00. The third-order valence-corrected chi connectivity index (χ3v) is 9.67. The van der Waals surface area contributed by atoms with Gasteiger partial charge in [-0.3, -0.25) is 4.79 Å². The summed E-state index contributed by atoms with van der Waals surface area (Å²) in [5.41, 5.74) is 0. The Bertz CT molecular complexity index is 696. The first kappa shape index (κ1) is 21.1. The molecular weight excluding hydrogens is 352 g/mol. The molecule has 0 saturated heterocycles. The van der Waals surface area contributed by atoms with E-state index in [1.165, 1.54) is 17.3 Å². The van der Waals surface area contributed by atoms with Crippen molar-refractivity contribution in [3.05, 3.63) is 73.3 Å². The Kier molecular flexibility index (Phi) is 7.16. The van der Waals surface area contributed by atoms with E-state index in [9.17, 15) is 4.79 Å². The summed E-state index contributed by atoms with van der Waals surface area (Å²) < 4.78 is 12.3. The molecule has 0 heterocycles. The average molecular weight is 383 g/mol. The summed E-state index contributed by atoms with van der Waals surface area (Å²) in [6, 6.07) is 20.9. The van der Waals surface area contributed by atoms with Gasteiger partial charge in [0, 0.05) is 13.3 Å². The molecule has 0 unspecified atom stereocenters. The molecule has 2 aromatic rings. The Labute approximate surface area is 164 Å². The van der Waals surface area contributed by atoms with Crippen molar-refractivity contribution in [1.82, 2.24) is 0 Å². The number of carbonyl (C=O) groups excluding carboxylic acids is 1. The van der Waals surface area contributed by atoms with E-state index in [2.05, 4.69) is 75.9 Å². The molecule has 27 heavy (non-hydrogen) atoms.